The van der Waals surface area contributed by atoms with E-state index >= 15 is 0 Å². The monoisotopic (exact) mass is 353 g/mol. The molecule has 0 radical (unpaired) electrons. The van der Waals surface area contributed by atoms with Gasteiger partial charge in [0.1, 0.15) is 16.3 Å². The van der Waals surface area contributed by atoms with Crippen LogP contribution in [0.25, 0.3) is 0 Å². The first-order valence-electron chi connectivity index (χ1n) is 7.09. The molecule has 1 N–H and O–H groups in total. The Bertz CT molecular complexity index is 825. The van der Waals surface area contributed by atoms with Gasteiger partial charge in [-0.3, -0.25) is 4.79 Å². The summed E-state index contributed by atoms with van der Waals surface area (Å²) in [6.45, 7) is 2.69. The molecule has 1 amide bonds. The summed E-state index contributed by atoms with van der Waals surface area (Å²) >= 11 is 0. The number of anilines is 1. The van der Waals surface area contributed by atoms with Crippen molar-refractivity contribution in [3.05, 3.63) is 35.7 Å². The second-order valence-corrected chi connectivity index (χ2v) is 7.14. The van der Waals surface area contributed by atoms with Gasteiger partial charge in [0.25, 0.3) is 0 Å². The van der Waals surface area contributed by atoms with E-state index in [4.69, 9.17) is 9.26 Å². The van der Waals surface area contributed by atoms with Crippen molar-refractivity contribution in [2.45, 2.75) is 18.7 Å². The van der Waals surface area contributed by atoms with E-state index in [1.54, 1.807) is 24.3 Å². The van der Waals surface area contributed by atoms with Crippen LogP contribution >= 0.6 is 0 Å². The number of para-hydroxylation sites is 2. The number of nitrogens with one attached hydrogen (secondary N) is 1. The van der Waals surface area contributed by atoms with Crippen LogP contribution in [0.4, 0.5) is 5.69 Å². The van der Waals surface area contributed by atoms with Crippen LogP contribution in [0.3, 0.4) is 0 Å². The predicted octanol–water partition coefficient (Wildman–Crippen LogP) is 1.56. The highest BCUT2D eigenvalue weighted by Gasteiger charge is 2.29. The largest absolute Gasteiger partial charge is 0.495 e. The first kappa shape index (κ1) is 18.0. The second kappa shape index (κ2) is 7.02. The lowest BCUT2D eigenvalue weighted by atomic mass is 10.3. The van der Waals surface area contributed by atoms with Crippen molar-refractivity contribution in [2.24, 2.45) is 0 Å². The number of carbonyl (C=O) groups is 1. The van der Waals surface area contributed by atoms with Gasteiger partial charge in [-0.05, 0) is 26.0 Å². The van der Waals surface area contributed by atoms with Gasteiger partial charge in [0.2, 0.25) is 15.9 Å². The number of benzene rings is 1. The SMILES string of the molecule is COc1ccccc1NC(=O)CN(C)S(=O)(=O)c1c(C)noc1C. The van der Waals surface area contributed by atoms with Crippen LogP contribution in [-0.4, -0.2) is 44.5 Å². The molecule has 2 rings (SSSR count). The Morgan fingerprint density at radius 3 is 2.58 bits per heavy atom. The molecule has 0 fully saturated rings. The number of likely N-dealkylation sites (N-methyl/N-ethyl adjacent to an activating group) is 1. The summed E-state index contributed by atoms with van der Waals surface area (Å²) in [5.41, 5.74) is 0.720. The number of carbonyl (C=O) groups excluding carboxylic acids is 1. The Hall–Kier alpha value is -2.39. The van der Waals surface area contributed by atoms with Crippen molar-refractivity contribution >= 4 is 21.6 Å². The van der Waals surface area contributed by atoms with E-state index in [0.717, 1.165) is 4.31 Å². The highest BCUT2D eigenvalue weighted by atomic mass is 32.2. The first-order chi connectivity index (χ1) is 11.3. The fourth-order valence-corrected chi connectivity index (χ4v) is 3.63. The number of methoxy groups -OCH3 is 1. The molecule has 2 aromatic rings. The zero-order chi connectivity index (χ0) is 17.9. The minimum Gasteiger partial charge on any atom is -0.495 e. The maximum Gasteiger partial charge on any atom is 0.248 e. The standard InChI is InChI=1S/C15H19N3O5S/c1-10-15(11(2)23-17-10)24(20,21)18(3)9-14(19)16-12-7-5-6-8-13(12)22-4/h5-8H,9H2,1-4H3,(H,16,19). The fraction of sp³-hybridized carbons (Fsp3) is 0.333. The number of sulfonamides is 1. The molecule has 0 bridgehead atoms. The zero-order valence-corrected chi connectivity index (χ0v) is 14.7. The van der Waals surface area contributed by atoms with Crippen LogP contribution < -0.4 is 10.1 Å². The van der Waals surface area contributed by atoms with Crippen molar-refractivity contribution in [1.82, 2.24) is 9.46 Å². The second-order valence-electron chi connectivity index (χ2n) is 5.16. The molecule has 24 heavy (non-hydrogen) atoms. The van der Waals surface area contributed by atoms with Crippen LogP contribution in [0.2, 0.25) is 0 Å². The zero-order valence-electron chi connectivity index (χ0n) is 13.9. The summed E-state index contributed by atoms with van der Waals surface area (Å²) in [5.74, 6) is 0.184. The molecule has 1 aromatic carbocycles. The highest BCUT2D eigenvalue weighted by molar-refractivity contribution is 7.89. The minimum atomic E-state index is -3.88. The molecule has 130 valence electrons. The number of nitrogens with zero attached hydrogens (tertiary/aromatic N) is 2. The van der Waals surface area contributed by atoms with E-state index in [-0.39, 0.29) is 22.9 Å². The molecule has 0 aliphatic heterocycles. The normalized spacial score (nSPS) is 11.5. The van der Waals surface area contributed by atoms with Crippen molar-refractivity contribution in [3.63, 3.8) is 0 Å². The van der Waals surface area contributed by atoms with Gasteiger partial charge in [-0.25, -0.2) is 8.42 Å². The summed E-state index contributed by atoms with van der Waals surface area (Å²) < 4.78 is 36.1. The Balaban J connectivity index is 2.14. The van der Waals surface area contributed by atoms with Crippen molar-refractivity contribution < 1.29 is 22.5 Å². The smallest absolute Gasteiger partial charge is 0.248 e. The van der Waals surface area contributed by atoms with Crippen LogP contribution in [-0.2, 0) is 14.8 Å². The number of ether oxygens (including phenoxy) is 1. The van der Waals surface area contributed by atoms with Gasteiger partial charge in [-0.1, -0.05) is 17.3 Å². The van der Waals surface area contributed by atoms with Crippen molar-refractivity contribution in [3.8, 4) is 5.75 Å². The lowest BCUT2D eigenvalue weighted by molar-refractivity contribution is -0.116. The molecule has 1 aromatic heterocycles. The molecule has 0 spiro atoms. The Labute approximate surface area is 140 Å². The number of rotatable bonds is 6. The fourth-order valence-electron chi connectivity index (χ4n) is 2.22. The van der Waals surface area contributed by atoms with Crippen LogP contribution in [0.1, 0.15) is 11.5 Å². The van der Waals surface area contributed by atoms with Crippen LogP contribution in [0, 0.1) is 13.8 Å². The minimum absolute atomic E-state index is 0.0184. The van der Waals surface area contributed by atoms with E-state index in [9.17, 15) is 13.2 Å². The van der Waals surface area contributed by atoms with Gasteiger partial charge in [0, 0.05) is 7.05 Å². The van der Waals surface area contributed by atoms with E-state index in [2.05, 4.69) is 10.5 Å². The molecule has 0 unspecified atom stereocenters. The Kier molecular flexibility index (Phi) is 5.25. The number of aryl methyl sites for hydroxylation is 2. The highest BCUT2D eigenvalue weighted by Crippen LogP contribution is 2.24. The van der Waals surface area contributed by atoms with Crippen LogP contribution in [0.5, 0.6) is 5.75 Å². The molecular formula is C15H19N3O5S. The molecule has 8 nitrogen and oxygen atoms in total. The van der Waals surface area contributed by atoms with E-state index in [1.165, 1.54) is 28.0 Å². The predicted molar refractivity (Wildman–Crippen MR) is 87.4 cm³/mol. The molecule has 0 saturated heterocycles. The summed E-state index contributed by atoms with van der Waals surface area (Å²) in [4.78, 5) is 12.1. The molecule has 9 heteroatoms. The molecule has 0 saturated carbocycles. The molecule has 0 aliphatic carbocycles. The molecule has 0 atom stereocenters. The van der Waals surface area contributed by atoms with Gasteiger partial charge >= 0.3 is 0 Å². The van der Waals surface area contributed by atoms with Gasteiger partial charge in [0.15, 0.2) is 5.76 Å². The summed E-state index contributed by atoms with van der Waals surface area (Å²) in [5, 5.41) is 6.27. The molecule has 1 heterocycles. The lowest BCUT2D eigenvalue weighted by Gasteiger charge is -2.17. The summed E-state index contributed by atoms with van der Waals surface area (Å²) in [6.07, 6.45) is 0. The maximum atomic E-state index is 12.6. The van der Waals surface area contributed by atoms with Crippen molar-refractivity contribution in [2.75, 3.05) is 26.0 Å². The molecule has 0 aliphatic rings. The Morgan fingerprint density at radius 1 is 1.33 bits per heavy atom. The third-order valence-corrected chi connectivity index (χ3v) is 5.43. The van der Waals surface area contributed by atoms with Crippen LogP contribution in [0.15, 0.2) is 33.7 Å². The van der Waals surface area contributed by atoms with E-state index in [1.807, 2.05) is 0 Å². The first-order valence-corrected chi connectivity index (χ1v) is 8.53. The quantitative estimate of drug-likeness (QED) is 0.845. The number of amides is 1. The number of hydrogen-bond acceptors (Lipinski definition) is 6. The summed E-state index contributed by atoms with van der Waals surface area (Å²) in [6, 6.07) is 6.87. The summed E-state index contributed by atoms with van der Waals surface area (Å²) in [7, 11) is -1.07. The average Bonchev–Trinajstić information content (AvgIpc) is 2.87. The van der Waals surface area contributed by atoms with Crippen molar-refractivity contribution in [1.29, 1.82) is 0 Å². The Morgan fingerprint density at radius 2 is 2.00 bits per heavy atom. The average molecular weight is 353 g/mol. The number of aromatic nitrogens is 1. The van der Waals surface area contributed by atoms with Gasteiger partial charge in [0.05, 0.1) is 19.3 Å². The van der Waals surface area contributed by atoms with Gasteiger partial charge in [-0.15, -0.1) is 0 Å². The van der Waals surface area contributed by atoms with Gasteiger partial charge in [-0.2, -0.15) is 4.31 Å². The lowest BCUT2D eigenvalue weighted by Crippen LogP contribution is -2.35. The molecular weight excluding hydrogens is 334 g/mol. The number of hydrogen-bond donors (Lipinski definition) is 1. The third-order valence-electron chi connectivity index (χ3n) is 3.38. The third kappa shape index (κ3) is 3.57. The topological polar surface area (TPSA) is 102 Å². The van der Waals surface area contributed by atoms with E-state index < -0.39 is 15.9 Å². The van der Waals surface area contributed by atoms with E-state index in [0.29, 0.717) is 11.4 Å². The maximum absolute atomic E-state index is 12.6. The van der Waals surface area contributed by atoms with Gasteiger partial charge < -0.3 is 14.6 Å².